The third-order valence-corrected chi connectivity index (χ3v) is 3.37. The first-order chi connectivity index (χ1) is 10.2. The van der Waals surface area contributed by atoms with Crippen molar-refractivity contribution in [2.45, 2.75) is 26.8 Å². The summed E-state index contributed by atoms with van der Waals surface area (Å²) in [4.78, 5) is 0. The molecule has 2 aromatic carbocycles. The fourth-order valence-corrected chi connectivity index (χ4v) is 2.18. The van der Waals surface area contributed by atoms with E-state index in [0.29, 0.717) is 12.0 Å². The monoisotopic (exact) mass is 283 g/mol. The van der Waals surface area contributed by atoms with Crippen molar-refractivity contribution in [3.8, 4) is 16.9 Å². The van der Waals surface area contributed by atoms with Gasteiger partial charge in [-0.3, -0.25) is 0 Å². The van der Waals surface area contributed by atoms with Crippen LogP contribution < -0.4 is 10.1 Å². The van der Waals surface area contributed by atoms with Gasteiger partial charge in [-0.2, -0.15) is 0 Å². The number of rotatable bonds is 7. The van der Waals surface area contributed by atoms with Gasteiger partial charge in [-0.25, -0.2) is 0 Å². The Balaban J connectivity index is 2.01. The number of ether oxygens (including phenoxy) is 1. The van der Waals surface area contributed by atoms with Gasteiger partial charge in [-0.05, 0) is 11.6 Å². The van der Waals surface area contributed by atoms with Gasteiger partial charge in [0.25, 0.3) is 0 Å². The highest BCUT2D eigenvalue weighted by Gasteiger charge is 2.08. The van der Waals surface area contributed by atoms with Crippen LogP contribution in [0.5, 0.6) is 5.75 Å². The molecule has 0 amide bonds. The van der Waals surface area contributed by atoms with Gasteiger partial charge >= 0.3 is 0 Å². The van der Waals surface area contributed by atoms with Crippen LogP contribution >= 0.6 is 0 Å². The average Bonchev–Trinajstić information content (AvgIpc) is 2.52. The molecule has 0 saturated carbocycles. The number of benzene rings is 2. The van der Waals surface area contributed by atoms with E-state index in [1.165, 1.54) is 5.56 Å². The summed E-state index contributed by atoms with van der Waals surface area (Å²) >= 11 is 0. The van der Waals surface area contributed by atoms with Crippen LogP contribution in [0.15, 0.2) is 54.6 Å². The number of nitrogens with one attached hydrogen (secondary N) is 1. The van der Waals surface area contributed by atoms with Crippen LogP contribution in [0.25, 0.3) is 11.1 Å². The van der Waals surface area contributed by atoms with Gasteiger partial charge in [0.15, 0.2) is 0 Å². The molecule has 0 radical (unpaired) electrons. The number of hydrogen-bond donors (Lipinski definition) is 1. The molecule has 2 rings (SSSR count). The Morgan fingerprint density at radius 2 is 1.57 bits per heavy atom. The first kappa shape index (κ1) is 15.6. The molecule has 0 aliphatic heterocycles. The van der Waals surface area contributed by atoms with Gasteiger partial charge in [0.05, 0.1) is 6.61 Å². The maximum absolute atomic E-state index is 6.05. The molecule has 112 valence electrons. The van der Waals surface area contributed by atoms with Gasteiger partial charge in [-0.1, -0.05) is 69.3 Å². The maximum Gasteiger partial charge on any atom is 0.127 e. The molecule has 21 heavy (non-hydrogen) atoms. The zero-order valence-corrected chi connectivity index (χ0v) is 13.2. The molecule has 0 spiro atoms. The summed E-state index contributed by atoms with van der Waals surface area (Å²) in [5, 5.41) is 3.45. The SMILES string of the molecule is CC(CNC(C)C)COc1ccccc1-c1ccccc1. The Bertz CT molecular complexity index is 536. The highest BCUT2D eigenvalue weighted by atomic mass is 16.5. The van der Waals surface area contributed by atoms with Gasteiger partial charge in [0, 0.05) is 24.1 Å². The van der Waals surface area contributed by atoms with Crippen molar-refractivity contribution in [2.75, 3.05) is 13.2 Å². The Labute approximate surface area is 128 Å². The van der Waals surface area contributed by atoms with E-state index < -0.39 is 0 Å². The van der Waals surface area contributed by atoms with Crippen LogP contribution in [-0.4, -0.2) is 19.2 Å². The van der Waals surface area contributed by atoms with Crippen LogP contribution in [-0.2, 0) is 0 Å². The summed E-state index contributed by atoms with van der Waals surface area (Å²) in [6.45, 7) is 8.24. The second kappa shape index (κ2) is 7.84. The first-order valence-corrected chi connectivity index (χ1v) is 7.67. The summed E-state index contributed by atoms with van der Waals surface area (Å²) in [6.07, 6.45) is 0. The molecule has 1 N–H and O–H groups in total. The zero-order valence-electron chi connectivity index (χ0n) is 13.2. The van der Waals surface area contributed by atoms with Crippen LogP contribution in [0.1, 0.15) is 20.8 Å². The third-order valence-electron chi connectivity index (χ3n) is 3.37. The topological polar surface area (TPSA) is 21.3 Å². The van der Waals surface area contributed by atoms with Crippen molar-refractivity contribution in [3.63, 3.8) is 0 Å². The second-order valence-corrected chi connectivity index (χ2v) is 5.84. The lowest BCUT2D eigenvalue weighted by Crippen LogP contribution is -2.30. The molecule has 0 saturated heterocycles. The Morgan fingerprint density at radius 3 is 2.29 bits per heavy atom. The van der Waals surface area contributed by atoms with Crippen molar-refractivity contribution in [2.24, 2.45) is 5.92 Å². The molecule has 0 aliphatic rings. The normalized spacial score (nSPS) is 12.4. The predicted molar refractivity (Wildman–Crippen MR) is 89.7 cm³/mol. The van der Waals surface area contributed by atoms with E-state index in [1.54, 1.807) is 0 Å². The minimum atomic E-state index is 0.483. The van der Waals surface area contributed by atoms with E-state index in [2.05, 4.69) is 62.5 Å². The van der Waals surface area contributed by atoms with Gasteiger partial charge in [-0.15, -0.1) is 0 Å². The molecule has 2 aromatic rings. The van der Waals surface area contributed by atoms with E-state index >= 15 is 0 Å². The average molecular weight is 283 g/mol. The Kier molecular flexibility index (Phi) is 5.82. The van der Waals surface area contributed by atoms with Crippen LogP contribution in [0.2, 0.25) is 0 Å². The summed E-state index contributed by atoms with van der Waals surface area (Å²) in [7, 11) is 0. The lowest BCUT2D eigenvalue weighted by atomic mass is 10.0. The van der Waals surface area contributed by atoms with Crippen molar-refractivity contribution < 1.29 is 4.74 Å². The lowest BCUT2D eigenvalue weighted by Gasteiger charge is -2.17. The van der Waals surface area contributed by atoms with E-state index in [4.69, 9.17) is 4.74 Å². The lowest BCUT2D eigenvalue weighted by molar-refractivity contribution is 0.254. The van der Waals surface area contributed by atoms with Crippen LogP contribution in [0, 0.1) is 5.92 Å². The van der Waals surface area contributed by atoms with E-state index in [0.717, 1.165) is 24.5 Å². The molecular formula is C19H25NO. The maximum atomic E-state index is 6.05. The third kappa shape index (κ3) is 4.91. The molecule has 0 heterocycles. The second-order valence-electron chi connectivity index (χ2n) is 5.84. The zero-order chi connectivity index (χ0) is 15.1. The fourth-order valence-electron chi connectivity index (χ4n) is 2.18. The van der Waals surface area contributed by atoms with E-state index in [-0.39, 0.29) is 0 Å². The highest BCUT2D eigenvalue weighted by Crippen LogP contribution is 2.29. The van der Waals surface area contributed by atoms with Gasteiger partial charge in [0.2, 0.25) is 0 Å². The summed E-state index contributed by atoms with van der Waals surface area (Å²) in [5.41, 5.74) is 2.35. The summed E-state index contributed by atoms with van der Waals surface area (Å²) in [6, 6.07) is 19.1. The quantitative estimate of drug-likeness (QED) is 0.815. The van der Waals surface area contributed by atoms with Crippen LogP contribution in [0.4, 0.5) is 0 Å². The molecule has 0 aromatic heterocycles. The predicted octanol–water partition coefficient (Wildman–Crippen LogP) is 4.37. The number of hydrogen-bond acceptors (Lipinski definition) is 2. The summed E-state index contributed by atoms with van der Waals surface area (Å²) in [5.74, 6) is 1.44. The smallest absolute Gasteiger partial charge is 0.127 e. The minimum absolute atomic E-state index is 0.483. The van der Waals surface area contributed by atoms with Crippen molar-refractivity contribution in [3.05, 3.63) is 54.6 Å². The van der Waals surface area contributed by atoms with E-state index in [9.17, 15) is 0 Å². The van der Waals surface area contributed by atoms with Crippen molar-refractivity contribution in [1.29, 1.82) is 0 Å². The van der Waals surface area contributed by atoms with Crippen molar-refractivity contribution in [1.82, 2.24) is 5.32 Å². The fraction of sp³-hybridized carbons (Fsp3) is 0.368. The highest BCUT2D eigenvalue weighted by molar-refractivity contribution is 5.70. The Morgan fingerprint density at radius 1 is 0.905 bits per heavy atom. The van der Waals surface area contributed by atoms with Gasteiger partial charge < -0.3 is 10.1 Å². The van der Waals surface area contributed by atoms with Crippen LogP contribution in [0.3, 0.4) is 0 Å². The first-order valence-electron chi connectivity index (χ1n) is 7.67. The number of para-hydroxylation sites is 1. The largest absolute Gasteiger partial charge is 0.493 e. The molecule has 0 aliphatic carbocycles. The van der Waals surface area contributed by atoms with Gasteiger partial charge in [0.1, 0.15) is 5.75 Å². The minimum Gasteiger partial charge on any atom is -0.493 e. The standard InChI is InChI=1S/C19H25NO/c1-15(2)20-13-16(3)14-21-19-12-8-7-11-18(19)17-9-5-4-6-10-17/h4-12,15-16,20H,13-14H2,1-3H3. The summed E-state index contributed by atoms with van der Waals surface area (Å²) < 4.78 is 6.05. The molecule has 2 nitrogen and oxygen atoms in total. The Hall–Kier alpha value is -1.80. The molecule has 0 fully saturated rings. The molecule has 0 bridgehead atoms. The van der Waals surface area contributed by atoms with E-state index in [1.807, 2.05) is 18.2 Å². The molecule has 2 heteroatoms. The molecular weight excluding hydrogens is 258 g/mol. The molecule has 1 atom stereocenters. The van der Waals surface area contributed by atoms with Crippen molar-refractivity contribution >= 4 is 0 Å². The molecule has 1 unspecified atom stereocenters.